The van der Waals surface area contributed by atoms with E-state index < -0.39 is 0 Å². The van der Waals surface area contributed by atoms with Crippen LogP contribution in [0.5, 0.6) is 5.75 Å². The van der Waals surface area contributed by atoms with Crippen LogP contribution in [-0.4, -0.2) is 31.3 Å². The fraction of sp³-hybridized carbons (Fsp3) is 0.417. The van der Waals surface area contributed by atoms with Gasteiger partial charge in [0.05, 0.1) is 7.11 Å². The fourth-order valence-corrected chi connectivity index (χ4v) is 2.19. The Morgan fingerprint density at radius 1 is 1.53 bits per heavy atom. The maximum Gasteiger partial charge on any atom is 0.227 e. The Morgan fingerprint density at radius 3 is 2.88 bits per heavy atom. The first-order valence-electron chi connectivity index (χ1n) is 5.40. The molecule has 0 radical (unpaired) electrons. The zero-order valence-electron chi connectivity index (χ0n) is 9.52. The summed E-state index contributed by atoms with van der Waals surface area (Å²) in [6.07, 6.45) is 0.380. The maximum atomic E-state index is 11.8. The third kappa shape index (κ3) is 2.53. The molecule has 4 nitrogen and oxygen atoms in total. The highest BCUT2D eigenvalue weighted by Crippen LogP contribution is 2.30. The summed E-state index contributed by atoms with van der Waals surface area (Å²) in [4.78, 5) is 13.4. The predicted octanol–water partition coefficient (Wildman–Crippen LogP) is 1.69. The van der Waals surface area contributed by atoms with Crippen LogP contribution in [0.3, 0.4) is 0 Å². The minimum Gasteiger partial charge on any atom is -0.497 e. The molecular formula is C12H14ClNO3. The molecule has 1 N–H and O–H groups in total. The normalized spacial score (nSPS) is 19.8. The minimum atomic E-state index is 0.00692. The van der Waals surface area contributed by atoms with Gasteiger partial charge in [-0.25, -0.2) is 0 Å². The van der Waals surface area contributed by atoms with E-state index in [-0.39, 0.29) is 18.4 Å². The maximum absolute atomic E-state index is 11.8. The molecule has 1 aromatic rings. The largest absolute Gasteiger partial charge is 0.497 e. The van der Waals surface area contributed by atoms with Crippen LogP contribution in [0.1, 0.15) is 6.42 Å². The van der Waals surface area contributed by atoms with Crippen molar-refractivity contribution in [3.05, 3.63) is 23.2 Å². The lowest BCUT2D eigenvalue weighted by Crippen LogP contribution is -2.24. The highest BCUT2D eigenvalue weighted by molar-refractivity contribution is 6.31. The fourth-order valence-electron chi connectivity index (χ4n) is 1.98. The van der Waals surface area contributed by atoms with Crippen molar-refractivity contribution in [1.82, 2.24) is 0 Å². The number of carbonyl (C=O) groups is 1. The Hall–Kier alpha value is -1.26. The van der Waals surface area contributed by atoms with Crippen LogP contribution in [0.4, 0.5) is 5.69 Å². The van der Waals surface area contributed by atoms with Crippen molar-refractivity contribution < 1.29 is 14.6 Å². The van der Waals surface area contributed by atoms with Crippen LogP contribution in [0.25, 0.3) is 0 Å². The van der Waals surface area contributed by atoms with Crippen molar-refractivity contribution in [3.8, 4) is 5.75 Å². The average Bonchev–Trinajstić information content (AvgIpc) is 2.69. The highest BCUT2D eigenvalue weighted by atomic mass is 35.5. The number of methoxy groups -OCH3 is 1. The van der Waals surface area contributed by atoms with Crippen LogP contribution < -0.4 is 9.64 Å². The quantitative estimate of drug-likeness (QED) is 0.894. The van der Waals surface area contributed by atoms with Crippen LogP contribution in [-0.2, 0) is 4.79 Å². The Kier molecular flexibility index (Phi) is 3.54. The number of nitrogens with zero attached hydrogens (tertiary/aromatic N) is 1. The number of anilines is 1. The summed E-state index contributed by atoms with van der Waals surface area (Å²) < 4.78 is 5.11. The number of aliphatic hydroxyl groups is 1. The Balaban J connectivity index is 2.28. The van der Waals surface area contributed by atoms with E-state index in [1.807, 2.05) is 0 Å². The molecule has 1 unspecified atom stereocenters. The van der Waals surface area contributed by atoms with E-state index in [9.17, 15) is 4.79 Å². The zero-order valence-corrected chi connectivity index (χ0v) is 10.3. The summed E-state index contributed by atoms with van der Waals surface area (Å²) in [5, 5.41) is 9.60. The van der Waals surface area contributed by atoms with Crippen LogP contribution >= 0.6 is 11.6 Å². The topological polar surface area (TPSA) is 49.8 Å². The molecule has 92 valence electrons. The zero-order chi connectivity index (χ0) is 12.4. The average molecular weight is 256 g/mol. The number of amides is 1. The van der Waals surface area contributed by atoms with Crippen molar-refractivity contribution in [2.24, 2.45) is 5.92 Å². The molecule has 0 aromatic heterocycles. The van der Waals surface area contributed by atoms with E-state index in [0.717, 1.165) is 5.69 Å². The number of ether oxygens (including phenoxy) is 1. The second kappa shape index (κ2) is 4.94. The van der Waals surface area contributed by atoms with Gasteiger partial charge in [0, 0.05) is 42.3 Å². The first kappa shape index (κ1) is 12.2. The van der Waals surface area contributed by atoms with Gasteiger partial charge in [-0.05, 0) is 12.1 Å². The van der Waals surface area contributed by atoms with Gasteiger partial charge in [0.1, 0.15) is 5.75 Å². The monoisotopic (exact) mass is 255 g/mol. The van der Waals surface area contributed by atoms with Crippen LogP contribution in [0.15, 0.2) is 18.2 Å². The van der Waals surface area contributed by atoms with Gasteiger partial charge in [-0.2, -0.15) is 0 Å². The molecular weight excluding hydrogens is 242 g/mol. The van der Waals surface area contributed by atoms with Gasteiger partial charge in [0.2, 0.25) is 5.91 Å². The lowest BCUT2D eigenvalue weighted by molar-refractivity contribution is -0.117. The molecule has 1 aliphatic heterocycles. The summed E-state index contributed by atoms with van der Waals surface area (Å²) in [7, 11) is 1.55. The predicted molar refractivity (Wildman–Crippen MR) is 65.5 cm³/mol. The van der Waals surface area contributed by atoms with Gasteiger partial charge in [-0.15, -0.1) is 0 Å². The van der Waals surface area contributed by atoms with Crippen molar-refractivity contribution in [1.29, 1.82) is 0 Å². The van der Waals surface area contributed by atoms with Gasteiger partial charge in [-0.3, -0.25) is 4.79 Å². The molecule has 1 saturated heterocycles. The number of hydrogen-bond acceptors (Lipinski definition) is 3. The van der Waals surface area contributed by atoms with Crippen LogP contribution in [0.2, 0.25) is 5.02 Å². The minimum absolute atomic E-state index is 0.00692. The molecule has 1 fully saturated rings. The number of carbonyl (C=O) groups excluding carboxylic acids is 1. The second-order valence-electron chi connectivity index (χ2n) is 4.11. The Labute approximate surface area is 105 Å². The third-order valence-corrected chi connectivity index (χ3v) is 3.08. The summed E-state index contributed by atoms with van der Waals surface area (Å²) >= 11 is 5.96. The van der Waals surface area contributed by atoms with Gasteiger partial charge in [0.25, 0.3) is 0 Å². The Bertz CT molecular complexity index is 436. The van der Waals surface area contributed by atoms with Crippen molar-refractivity contribution >= 4 is 23.2 Å². The molecule has 2 rings (SSSR count). The van der Waals surface area contributed by atoms with Crippen molar-refractivity contribution in [2.75, 3.05) is 25.2 Å². The van der Waals surface area contributed by atoms with E-state index in [4.69, 9.17) is 21.4 Å². The first-order valence-corrected chi connectivity index (χ1v) is 5.77. The molecule has 1 amide bonds. The van der Waals surface area contributed by atoms with Gasteiger partial charge in [0.15, 0.2) is 0 Å². The van der Waals surface area contributed by atoms with Crippen molar-refractivity contribution in [2.45, 2.75) is 6.42 Å². The smallest absolute Gasteiger partial charge is 0.227 e. The summed E-state index contributed by atoms with van der Waals surface area (Å²) in [5.41, 5.74) is 0.718. The lowest BCUT2D eigenvalue weighted by atomic mass is 10.1. The number of rotatable bonds is 3. The molecule has 0 spiro atoms. The van der Waals surface area contributed by atoms with E-state index in [1.165, 1.54) is 0 Å². The summed E-state index contributed by atoms with van der Waals surface area (Å²) in [6.45, 7) is 0.554. The Morgan fingerprint density at radius 2 is 2.29 bits per heavy atom. The van der Waals surface area contributed by atoms with Gasteiger partial charge < -0.3 is 14.7 Å². The van der Waals surface area contributed by atoms with E-state index in [2.05, 4.69) is 0 Å². The summed E-state index contributed by atoms with van der Waals surface area (Å²) in [5.74, 6) is 0.633. The molecule has 1 aliphatic rings. The standard InChI is InChI=1S/C12H14ClNO3/c1-17-11-4-9(13)3-10(5-11)14-6-8(7-15)2-12(14)16/h3-5,8,15H,2,6-7H2,1H3. The second-order valence-corrected chi connectivity index (χ2v) is 4.54. The molecule has 0 saturated carbocycles. The SMILES string of the molecule is COc1cc(Cl)cc(N2CC(CO)CC2=O)c1. The third-order valence-electron chi connectivity index (χ3n) is 2.87. The molecule has 5 heteroatoms. The van der Waals surface area contributed by atoms with E-state index in [1.54, 1.807) is 30.2 Å². The van der Waals surface area contributed by atoms with E-state index in [0.29, 0.717) is 23.7 Å². The van der Waals surface area contributed by atoms with Crippen molar-refractivity contribution in [3.63, 3.8) is 0 Å². The lowest BCUT2D eigenvalue weighted by Gasteiger charge is -2.17. The number of benzene rings is 1. The molecule has 0 aliphatic carbocycles. The number of halogens is 1. The highest BCUT2D eigenvalue weighted by Gasteiger charge is 2.30. The van der Waals surface area contributed by atoms with Gasteiger partial charge in [-0.1, -0.05) is 11.6 Å². The molecule has 1 heterocycles. The number of hydrogen-bond donors (Lipinski definition) is 1. The van der Waals surface area contributed by atoms with E-state index >= 15 is 0 Å². The number of aliphatic hydroxyl groups excluding tert-OH is 1. The van der Waals surface area contributed by atoms with Crippen LogP contribution in [0, 0.1) is 5.92 Å². The molecule has 1 atom stereocenters. The molecule has 1 aromatic carbocycles. The van der Waals surface area contributed by atoms with Gasteiger partial charge >= 0.3 is 0 Å². The molecule has 0 bridgehead atoms. The summed E-state index contributed by atoms with van der Waals surface area (Å²) in [6, 6.07) is 5.18. The molecule has 17 heavy (non-hydrogen) atoms. The first-order chi connectivity index (χ1) is 8.13.